The van der Waals surface area contributed by atoms with E-state index >= 15 is 0 Å². The standard InChI is InChI=1S/C15H22BrFN2/c1-3-11-9-19(7-6-15(11)18)10(2)13-8-12(16)4-5-14(13)17/h4-5,8,10-11,15H,3,6-7,9,18H2,1-2H3. The molecule has 0 amide bonds. The Morgan fingerprint density at radius 1 is 1.53 bits per heavy atom. The maximum absolute atomic E-state index is 14.0. The molecule has 106 valence electrons. The lowest BCUT2D eigenvalue weighted by molar-refractivity contribution is 0.112. The molecule has 3 unspecified atom stereocenters. The summed E-state index contributed by atoms with van der Waals surface area (Å²) >= 11 is 3.42. The molecule has 0 radical (unpaired) electrons. The average Bonchev–Trinajstić information content (AvgIpc) is 2.41. The third-order valence-electron chi connectivity index (χ3n) is 4.30. The van der Waals surface area contributed by atoms with Crippen LogP contribution in [0, 0.1) is 11.7 Å². The van der Waals surface area contributed by atoms with Gasteiger partial charge in [-0.15, -0.1) is 0 Å². The van der Waals surface area contributed by atoms with Crippen molar-refractivity contribution in [3.63, 3.8) is 0 Å². The summed E-state index contributed by atoms with van der Waals surface area (Å²) in [7, 11) is 0. The van der Waals surface area contributed by atoms with E-state index in [1.165, 1.54) is 6.07 Å². The predicted octanol–water partition coefficient (Wildman–Crippen LogP) is 3.71. The van der Waals surface area contributed by atoms with Crippen molar-refractivity contribution < 1.29 is 4.39 Å². The van der Waals surface area contributed by atoms with Crippen molar-refractivity contribution in [2.24, 2.45) is 11.7 Å². The van der Waals surface area contributed by atoms with E-state index < -0.39 is 0 Å². The first-order valence-corrected chi connectivity index (χ1v) is 7.76. The quantitative estimate of drug-likeness (QED) is 0.916. The molecule has 1 aromatic carbocycles. The van der Waals surface area contributed by atoms with Crippen LogP contribution in [-0.2, 0) is 0 Å². The van der Waals surface area contributed by atoms with Gasteiger partial charge in [0.15, 0.2) is 0 Å². The Bertz CT molecular complexity index is 438. The third kappa shape index (κ3) is 3.36. The lowest BCUT2D eigenvalue weighted by Gasteiger charge is -2.40. The van der Waals surface area contributed by atoms with Gasteiger partial charge in [0.05, 0.1) is 0 Å². The van der Waals surface area contributed by atoms with Crippen molar-refractivity contribution in [3.05, 3.63) is 34.1 Å². The molecule has 4 heteroatoms. The van der Waals surface area contributed by atoms with E-state index in [4.69, 9.17) is 5.73 Å². The topological polar surface area (TPSA) is 29.3 Å². The molecular weight excluding hydrogens is 307 g/mol. The molecule has 2 rings (SSSR count). The van der Waals surface area contributed by atoms with Gasteiger partial charge in [0.25, 0.3) is 0 Å². The Balaban J connectivity index is 2.15. The highest BCUT2D eigenvalue weighted by atomic mass is 79.9. The van der Waals surface area contributed by atoms with Gasteiger partial charge >= 0.3 is 0 Å². The third-order valence-corrected chi connectivity index (χ3v) is 4.80. The van der Waals surface area contributed by atoms with Crippen LogP contribution in [0.4, 0.5) is 4.39 Å². The molecule has 1 fully saturated rings. The zero-order valence-electron chi connectivity index (χ0n) is 11.6. The monoisotopic (exact) mass is 328 g/mol. The number of halogens is 2. The van der Waals surface area contributed by atoms with Crippen LogP contribution in [0.25, 0.3) is 0 Å². The molecule has 1 aliphatic rings. The van der Waals surface area contributed by atoms with Gasteiger partial charge in [-0.25, -0.2) is 4.39 Å². The van der Waals surface area contributed by atoms with E-state index in [1.807, 2.05) is 6.07 Å². The first-order chi connectivity index (χ1) is 9.02. The summed E-state index contributed by atoms with van der Waals surface area (Å²) in [5, 5.41) is 0. The summed E-state index contributed by atoms with van der Waals surface area (Å²) in [6, 6.07) is 5.55. The van der Waals surface area contributed by atoms with Gasteiger partial charge in [-0.1, -0.05) is 29.3 Å². The van der Waals surface area contributed by atoms with E-state index in [1.54, 1.807) is 6.07 Å². The van der Waals surface area contributed by atoms with Crippen LogP contribution in [0.3, 0.4) is 0 Å². The van der Waals surface area contributed by atoms with Crippen LogP contribution in [-0.4, -0.2) is 24.0 Å². The number of hydrogen-bond donors (Lipinski definition) is 1. The van der Waals surface area contributed by atoms with Crippen LogP contribution < -0.4 is 5.73 Å². The van der Waals surface area contributed by atoms with Crippen molar-refractivity contribution in [1.29, 1.82) is 0 Å². The summed E-state index contributed by atoms with van der Waals surface area (Å²) in [6.45, 7) is 6.17. The molecule has 0 aromatic heterocycles. The minimum atomic E-state index is -0.126. The zero-order valence-corrected chi connectivity index (χ0v) is 13.2. The number of nitrogens with two attached hydrogens (primary N) is 1. The van der Waals surface area contributed by atoms with Gasteiger partial charge in [-0.05, 0) is 37.5 Å². The Hall–Kier alpha value is -0.450. The Morgan fingerprint density at radius 2 is 2.26 bits per heavy atom. The van der Waals surface area contributed by atoms with Crippen LogP contribution in [0.2, 0.25) is 0 Å². The minimum absolute atomic E-state index is 0.0963. The first kappa shape index (κ1) is 14.9. The normalized spacial score (nSPS) is 26.4. The number of likely N-dealkylation sites (tertiary alicyclic amines) is 1. The SMILES string of the molecule is CCC1CN(C(C)c2cc(Br)ccc2F)CCC1N. The summed E-state index contributed by atoms with van der Waals surface area (Å²) in [4.78, 5) is 2.35. The fraction of sp³-hybridized carbons (Fsp3) is 0.600. The van der Waals surface area contributed by atoms with Gasteiger partial charge in [0, 0.05) is 35.2 Å². The summed E-state index contributed by atoms with van der Waals surface area (Å²) in [5.41, 5.74) is 6.90. The van der Waals surface area contributed by atoms with Crippen LogP contribution in [0.5, 0.6) is 0 Å². The van der Waals surface area contributed by atoms with Gasteiger partial charge in [-0.3, -0.25) is 4.90 Å². The fourth-order valence-corrected chi connectivity index (χ4v) is 3.27. The van der Waals surface area contributed by atoms with Crippen LogP contribution >= 0.6 is 15.9 Å². The second-order valence-corrected chi connectivity index (χ2v) is 6.37. The van der Waals surface area contributed by atoms with Gasteiger partial charge in [0.2, 0.25) is 0 Å². The van der Waals surface area contributed by atoms with Crippen molar-refractivity contribution in [2.45, 2.75) is 38.8 Å². The minimum Gasteiger partial charge on any atom is -0.327 e. The number of benzene rings is 1. The lowest BCUT2D eigenvalue weighted by Crippen LogP contribution is -2.47. The van der Waals surface area contributed by atoms with Crippen molar-refractivity contribution in [2.75, 3.05) is 13.1 Å². The van der Waals surface area contributed by atoms with Gasteiger partial charge in [0.1, 0.15) is 5.82 Å². The number of piperidine rings is 1. The predicted molar refractivity (Wildman–Crippen MR) is 80.5 cm³/mol. The molecule has 1 aliphatic heterocycles. The maximum Gasteiger partial charge on any atom is 0.128 e. The molecule has 0 spiro atoms. The van der Waals surface area contributed by atoms with Crippen molar-refractivity contribution in [3.8, 4) is 0 Å². The number of rotatable bonds is 3. The zero-order chi connectivity index (χ0) is 14.0. The molecule has 2 nitrogen and oxygen atoms in total. The van der Waals surface area contributed by atoms with Crippen molar-refractivity contribution >= 4 is 15.9 Å². The fourth-order valence-electron chi connectivity index (χ4n) is 2.89. The molecule has 0 saturated carbocycles. The summed E-state index contributed by atoms with van der Waals surface area (Å²) < 4.78 is 14.9. The van der Waals surface area contributed by atoms with E-state index in [2.05, 4.69) is 34.7 Å². The van der Waals surface area contributed by atoms with E-state index in [0.29, 0.717) is 12.0 Å². The summed E-state index contributed by atoms with van der Waals surface area (Å²) in [6.07, 6.45) is 2.09. The molecular formula is C15H22BrFN2. The van der Waals surface area contributed by atoms with Crippen LogP contribution in [0.15, 0.2) is 22.7 Å². The highest BCUT2D eigenvalue weighted by Gasteiger charge is 2.29. The molecule has 1 aromatic rings. The lowest BCUT2D eigenvalue weighted by atomic mass is 9.89. The molecule has 0 aliphatic carbocycles. The van der Waals surface area contributed by atoms with E-state index in [-0.39, 0.29) is 11.9 Å². The molecule has 19 heavy (non-hydrogen) atoms. The number of hydrogen-bond acceptors (Lipinski definition) is 2. The highest BCUT2D eigenvalue weighted by molar-refractivity contribution is 9.10. The van der Waals surface area contributed by atoms with Gasteiger partial charge < -0.3 is 5.73 Å². The number of nitrogens with zero attached hydrogens (tertiary/aromatic N) is 1. The van der Waals surface area contributed by atoms with Gasteiger partial charge in [-0.2, -0.15) is 0 Å². The Kier molecular flexibility index (Phi) is 4.98. The largest absolute Gasteiger partial charge is 0.327 e. The summed E-state index contributed by atoms with van der Waals surface area (Å²) in [5.74, 6) is 0.394. The first-order valence-electron chi connectivity index (χ1n) is 6.97. The Labute approximate surface area is 123 Å². The molecule has 2 N–H and O–H groups in total. The highest BCUT2D eigenvalue weighted by Crippen LogP contribution is 2.30. The van der Waals surface area contributed by atoms with E-state index in [9.17, 15) is 4.39 Å². The maximum atomic E-state index is 14.0. The Morgan fingerprint density at radius 3 is 2.95 bits per heavy atom. The average molecular weight is 329 g/mol. The second-order valence-electron chi connectivity index (χ2n) is 5.46. The molecule has 1 heterocycles. The molecule has 3 atom stereocenters. The molecule has 0 bridgehead atoms. The van der Waals surface area contributed by atoms with Crippen molar-refractivity contribution in [1.82, 2.24) is 4.90 Å². The second kappa shape index (κ2) is 6.33. The van der Waals surface area contributed by atoms with Crippen LogP contribution in [0.1, 0.15) is 38.3 Å². The smallest absolute Gasteiger partial charge is 0.128 e. The molecule has 1 saturated heterocycles. The van der Waals surface area contributed by atoms with E-state index in [0.717, 1.165) is 36.0 Å².